The van der Waals surface area contributed by atoms with Crippen molar-refractivity contribution in [2.75, 3.05) is 23.7 Å². The molecular formula is C19H22N6O. The lowest BCUT2D eigenvalue weighted by Crippen LogP contribution is -2.33. The minimum Gasteiger partial charge on any atom is -0.367 e. The highest BCUT2D eigenvalue weighted by atomic mass is 16.2. The molecule has 134 valence electrons. The fourth-order valence-electron chi connectivity index (χ4n) is 2.46. The second-order valence-corrected chi connectivity index (χ2v) is 5.92. The molecule has 2 heterocycles. The molecule has 0 bridgehead atoms. The molecule has 7 heteroatoms. The zero-order valence-corrected chi connectivity index (χ0v) is 14.9. The van der Waals surface area contributed by atoms with Gasteiger partial charge < -0.3 is 20.5 Å². The second kappa shape index (κ2) is 8.15. The molecule has 0 saturated heterocycles. The summed E-state index contributed by atoms with van der Waals surface area (Å²) in [5.74, 6) is 1.42. The summed E-state index contributed by atoms with van der Waals surface area (Å²) in [5.41, 5.74) is 3.03. The minimum absolute atomic E-state index is 0.227. The van der Waals surface area contributed by atoms with Gasteiger partial charge in [-0.25, -0.2) is 4.79 Å². The number of hydrogen-bond donors (Lipinski definition) is 3. The Morgan fingerprint density at radius 3 is 2.54 bits per heavy atom. The average Bonchev–Trinajstić information content (AvgIpc) is 3.18. The van der Waals surface area contributed by atoms with Gasteiger partial charge in [0.25, 0.3) is 0 Å². The van der Waals surface area contributed by atoms with E-state index in [4.69, 9.17) is 0 Å². The SMILES string of the molecule is Cc1cccc(NC(=O)NCCNc2ccc(-n3cccc3)nn2)c1C. The third-order valence-electron chi connectivity index (χ3n) is 4.09. The molecule has 0 aliphatic heterocycles. The molecular weight excluding hydrogens is 328 g/mol. The van der Waals surface area contributed by atoms with E-state index in [9.17, 15) is 4.79 Å². The number of aryl methyl sites for hydroxylation is 1. The fourth-order valence-corrected chi connectivity index (χ4v) is 2.46. The molecule has 0 aliphatic rings. The van der Waals surface area contributed by atoms with Crippen molar-refractivity contribution >= 4 is 17.5 Å². The van der Waals surface area contributed by atoms with E-state index < -0.39 is 0 Å². The summed E-state index contributed by atoms with van der Waals surface area (Å²) < 4.78 is 1.88. The Labute approximate surface area is 152 Å². The highest BCUT2D eigenvalue weighted by Gasteiger charge is 2.05. The molecule has 26 heavy (non-hydrogen) atoms. The largest absolute Gasteiger partial charge is 0.367 e. The lowest BCUT2D eigenvalue weighted by Gasteiger charge is -2.12. The quantitative estimate of drug-likeness (QED) is 0.597. The first kappa shape index (κ1) is 17.5. The number of aromatic nitrogens is 3. The minimum atomic E-state index is -0.227. The van der Waals surface area contributed by atoms with Crippen molar-refractivity contribution in [1.82, 2.24) is 20.1 Å². The predicted octanol–water partition coefficient (Wildman–Crippen LogP) is 3.12. The van der Waals surface area contributed by atoms with Gasteiger partial charge in [0.2, 0.25) is 0 Å². The van der Waals surface area contributed by atoms with Crippen molar-refractivity contribution in [3.05, 3.63) is 66.0 Å². The number of nitrogens with zero attached hydrogens (tertiary/aromatic N) is 3. The van der Waals surface area contributed by atoms with Crippen LogP contribution in [0.5, 0.6) is 0 Å². The Morgan fingerprint density at radius 1 is 1.00 bits per heavy atom. The number of carbonyl (C=O) groups is 1. The van der Waals surface area contributed by atoms with Gasteiger partial charge in [0.15, 0.2) is 5.82 Å². The molecule has 2 amide bonds. The Kier molecular flexibility index (Phi) is 5.48. The molecule has 0 fully saturated rings. The summed E-state index contributed by atoms with van der Waals surface area (Å²) in [6, 6.07) is 13.2. The number of rotatable bonds is 6. The van der Waals surface area contributed by atoms with Gasteiger partial charge in [0, 0.05) is 31.2 Å². The molecule has 0 saturated carbocycles. The van der Waals surface area contributed by atoms with Crippen LogP contribution in [-0.4, -0.2) is 33.9 Å². The first-order valence-corrected chi connectivity index (χ1v) is 8.45. The van der Waals surface area contributed by atoms with Gasteiger partial charge in [0.05, 0.1) is 0 Å². The lowest BCUT2D eigenvalue weighted by atomic mass is 10.1. The lowest BCUT2D eigenvalue weighted by molar-refractivity contribution is 0.252. The van der Waals surface area contributed by atoms with Crippen LogP contribution >= 0.6 is 0 Å². The van der Waals surface area contributed by atoms with Crippen LogP contribution in [0.4, 0.5) is 16.3 Å². The Morgan fingerprint density at radius 2 is 1.81 bits per heavy atom. The molecule has 1 aromatic carbocycles. The van der Waals surface area contributed by atoms with Crippen LogP contribution in [0.3, 0.4) is 0 Å². The van der Waals surface area contributed by atoms with Crippen LogP contribution < -0.4 is 16.0 Å². The maximum absolute atomic E-state index is 12.0. The molecule has 0 radical (unpaired) electrons. The number of urea groups is 1. The van der Waals surface area contributed by atoms with Gasteiger partial charge >= 0.3 is 6.03 Å². The van der Waals surface area contributed by atoms with Gasteiger partial charge in [-0.1, -0.05) is 12.1 Å². The zero-order chi connectivity index (χ0) is 18.4. The summed E-state index contributed by atoms with van der Waals surface area (Å²) >= 11 is 0. The summed E-state index contributed by atoms with van der Waals surface area (Å²) in [4.78, 5) is 12.0. The number of carbonyl (C=O) groups excluding carboxylic acids is 1. The smallest absolute Gasteiger partial charge is 0.319 e. The number of anilines is 2. The summed E-state index contributed by atoms with van der Waals surface area (Å²) in [7, 11) is 0. The van der Waals surface area contributed by atoms with E-state index in [-0.39, 0.29) is 6.03 Å². The fraction of sp³-hybridized carbons (Fsp3) is 0.211. The maximum atomic E-state index is 12.0. The van der Waals surface area contributed by atoms with Crippen molar-refractivity contribution < 1.29 is 4.79 Å². The average molecular weight is 350 g/mol. The van der Waals surface area contributed by atoms with Crippen molar-refractivity contribution in [3.63, 3.8) is 0 Å². The number of amides is 2. The van der Waals surface area contributed by atoms with E-state index in [2.05, 4.69) is 26.1 Å². The van der Waals surface area contributed by atoms with E-state index in [0.717, 1.165) is 22.6 Å². The third kappa shape index (κ3) is 4.38. The van der Waals surface area contributed by atoms with Gasteiger partial charge in [-0.2, -0.15) is 0 Å². The standard InChI is InChI=1S/C19H22N6O/c1-14-6-5-7-16(15(14)2)22-19(26)21-11-10-20-17-8-9-18(24-23-17)25-12-3-4-13-25/h3-9,12-13H,10-11H2,1-2H3,(H,20,23)(H2,21,22,26). The van der Waals surface area contributed by atoms with Crippen molar-refractivity contribution in [2.45, 2.75) is 13.8 Å². The summed E-state index contributed by atoms with van der Waals surface area (Å²) in [5, 5.41) is 17.1. The summed E-state index contributed by atoms with van der Waals surface area (Å²) in [6.45, 7) is 5.03. The van der Waals surface area contributed by atoms with Crippen LogP contribution in [0.15, 0.2) is 54.9 Å². The predicted molar refractivity (Wildman–Crippen MR) is 103 cm³/mol. The Bertz CT molecular complexity index is 858. The van der Waals surface area contributed by atoms with Gasteiger partial charge in [-0.05, 0) is 55.3 Å². The first-order valence-electron chi connectivity index (χ1n) is 8.45. The summed E-state index contributed by atoms with van der Waals surface area (Å²) in [6.07, 6.45) is 3.82. The van der Waals surface area contributed by atoms with E-state index in [1.54, 1.807) is 0 Å². The van der Waals surface area contributed by atoms with Crippen molar-refractivity contribution in [2.24, 2.45) is 0 Å². The van der Waals surface area contributed by atoms with Crippen LogP contribution in [0.1, 0.15) is 11.1 Å². The Balaban J connectivity index is 1.42. The third-order valence-corrected chi connectivity index (χ3v) is 4.09. The maximum Gasteiger partial charge on any atom is 0.319 e. The van der Waals surface area contributed by atoms with E-state index >= 15 is 0 Å². The van der Waals surface area contributed by atoms with Crippen molar-refractivity contribution in [1.29, 1.82) is 0 Å². The number of hydrogen-bond acceptors (Lipinski definition) is 4. The normalized spacial score (nSPS) is 10.4. The topological polar surface area (TPSA) is 83.9 Å². The molecule has 0 unspecified atom stereocenters. The molecule has 3 rings (SSSR count). The van der Waals surface area contributed by atoms with E-state index in [0.29, 0.717) is 18.9 Å². The molecule has 3 N–H and O–H groups in total. The molecule has 3 aromatic rings. The molecule has 0 atom stereocenters. The van der Waals surface area contributed by atoms with Gasteiger partial charge in [0.1, 0.15) is 5.82 Å². The van der Waals surface area contributed by atoms with Crippen LogP contribution in [0, 0.1) is 13.8 Å². The molecule has 7 nitrogen and oxygen atoms in total. The van der Waals surface area contributed by atoms with E-state index in [1.807, 2.05) is 73.3 Å². The highest BCUT2D eigenvalue weighted by Crippen LogP contribution is 2.17. The first-order chi connectivity index (χ1) is 12.6. The number of nitrogens with one attached hydrogen (secondary N) is 3. The van der Waals surface area contributed by atoms with E-state index in [1.165, 1.54) is 0 Å². The zero-order valence-electron chi connectivity index (χ0n) is 14.9. The molecule has 2 aromatic heterocycles. The Hall–Kier alpha value is -3.35. The highest BCUT2D eigenvalue weighted by molar-refractivity contribution is 5.90. The van der Waals surface area contributed by atoms with Gasteiger partial charge in [-0.3, -0.25) is 0 Å². The monoisotopic (exact) mass is 350 g/mol. The van der Waals surface area contributed by atoms with Crippen LogP contribution in [-0.2, 0) is 0 Å². The molecule has 0 spiro atoms. The van der Waals surface area contributed by atoms with Gasteiger partial charge in [-0.15, -0.1) is 10.2 Å². The molecule has 0 aliphatic carbocycles. The van der Waals surface area contributed by atoms with Crippen LogP contribution in [0.2, 0.25) is 0 Å². The second-order valence-electron chi connectivity index (χ2n) is 5.92. The van der Waals surface area contributed by atoms with Crippen LogP contribution in [0.25, 0.3) is 5.82 Å². The number of benzene rings is 1. The van der Waals surface area contributed by atoms with Crippen molar-refractivity contribution in [3.8, 4) is 5.82 Å².